The molecule has 0 saturated heterocycles. The molecule has 0 atom stereocenters. The number of furan rings is 1. The first-order valence-corrected chi connectivity index (χ1v) is 4.88. The smallest absolute Gasteiger partial charge is 0.341 e. The van der Waals surface area contributed by atoms with Crippen LogP contribution in [0.2, 0.25) is 0 Å². The highest BCUT2D eigenvalue weighted by molar-refractivity contribution is 6.02. The summed E-state index contributed by atoms with van der Waals surface area (Å²) in [4.78, 5) is 11.6. The molecule has 1 aromatic carbocycles. The number of aryl methyl sites for hydroxylation is 1. The van der Waals surface area contributed by atoms with Crippen molar-refractivity contribution in [2.24, 2.45) is 0 Å². The first kappa shape index (κ1) is 9.77. The van der Waals surface area contributed by atoms with Crippen molar-refractivity contribution in [2.45, 2.75) is 13.8 Å². The van der Waals surface area contributed by atoms with Gasteiger partial charge in [-0.1, -0.05) is 12.1 Å². The molecule has 0 unspecified atom stereocenters. The number of carbonyl (C=O) groups excluding carboxylic acids is 1. The molecule has 1 heterocycles. The van der Waals surface area contributed by atoms with Gasteiger partial charge in [0.1, 0.15) is 16.9 Å². The quantitative estimate of drug-likeness (QED) is 0.706. The highest BCUT2D eigenvalue weighted by Gasteiger charge is 2.13. The summed E-state index contributed by atoms with van der Waals surface area (Å²) in [6.45, 7) is 4.01. The van der Waals surface area contributed by atoms with Crippen LogP contribution < -0.4 is 0 Å². The molecule has 2 rings (SSSR count). The number of fused-ring (bicyclic) bond motifs is 1. The molecule has 0 aliphatic rings. The van der Waals surface area contributed by atoms with Crippen LogP contribution in [0.3, 0.4) is 0 Å². The van der Waals surface area contributed by atoms with E-state index in [1.807, 2.05) is 25.1 Å². The number of para-hydroxylation sites is 1. The van der Waals surface area contributed by atoms with E-state index in [0.717, 1.165) is 11.1 Å². The Kier molecular flexibility index (Phi) is 2.46. The average Bonchev–Trinajstić information content (AvgIpc) is 2.57. The number of hydrogen-bond acceptors (Lipinski definition) is 3. The van der Waals surface area contributed by atoms with Crippen LogP contribution in [0.25, 0.3) is 11.0 Å². The van der Waals surface area contributed by atoms with E-state index < -0.39 is 0 Å². The van der Waals surface area contributed by atoms with Gasteiger partial charge in [-0.25, -0.2) is 4.79 Å². The van der Waals surface area contributed by atoms with Gasteiger partial charge in [-0.2, -0.15) is 0 Å². The first-order valence-electron chi connectivity index (χ1n) is 4.88. The number of ether oxygens (including phenoxy) is 1. The van der Waals surface area contributed by atoms with Gasteiger partial charge in [-0.3, -0.25) is 0 Å². The lowest BCUT2D eigenvalue weighted by Gasteiger charge is -2.01. The van der Waals surface area contributed by atoms with Crippen molar-refractivity contribution < 1.29 is 13.9 Å². The van der Waals surface area contributed by atoms with Crippen LogP contribution in [0.4, 0.5) is 0 Å². The number of rotatable bonds is 2. The third kappa shape index (κ3) is 1.73. The standard InChI is InChI=1S/C12H12O3/c1-3-14-12(13)10-6-4-5-9-7-8(2)15-11(9)10/h4-7H,3H2,1-2H3. The van der Waals surface area contributed by atoms with E-state index in [9.17, 15) is 4.79 Å². The Bertz CT molecular complexity index is 497. The minimum Gasteiger partial charge on any atom is -0.462 e. The molecule has 0 fully saturated rings. The average molecular weight is 204 g/mol. The van der Waals surface area contributed by atoms with Gasteiger partial charge in [0.15, 0.2) is 0 Å². The molecule has 15 heavy (non-hydrogen) atoms. The molecule has 3 nitrogen and oxygen atoms in total. The van der Waals surface area contributed by atoms with Crippen molar-refractivity contribution in [1.29, 1.82) is 0 Å². The number of carbonyl (C=O) groups is 1. The van der Waals surface area contributed by atoms with Crippen molar-refractivity contribution >= 4 is 16.9 Å². The predicted octanol–water partition coefficient (Wildman–Crippen LogP) is 2.92. The molecule has 0 aliphatic carbocycles. The van der Waals surface area contributed by atoms with Gasteiger partial charge in [0.05, 0.1) is 6.61 Å². The van der Waals surface area contributed by atoms with Crippen molar-refractivity contribution in [3.63, 3.8) is 0 Å². The van der Waals surface area contributed by atoms with Crippen LogP contribution >= 0.6 is 0 Å². The number of benzene rings is 1. The normalized spacial score (nSPS) is 10.5. The summed E-state index contributed by atoms with van der Waals surface area (Å²) in [5.74, 6) is 0.458. The van der Waals surface area contributed by atoms with Gasteiger partial charge in [-0.05, 0) is 26.0 Å². The summed E-state index contributed by atoms with van der Waals surface area (Å²) in [6, 6.07) is 7.35. The monoisotopic (exact) mass is 204 g/mol. The van der Waals surface area contributed by atoms with Crippen LogP contribution in [-0.2, 0) is 4.74 Å². The van der Waals surface area contributed by atoms with Gasteiger partial charge in [0, 0.05) is 5.39 Å². The summed E-state index contributed by atoms with van der Waals surface area (Å²) < 4.78 is 10.4. The zero-order chi connectivity index (χ0) is 10.8. The summed E-state index contributed by atoms with van der Waals surface area (Å²) in [5, 5.41) is 0.929. The number of hydrogen-bond donors (Lipinski definition) is 0. The van der Waals surface area contributed by atoms with Crippen LogP contribution in [0, 0.1) is 6.92 Å². The minimum absolute atomic E-state index is 0.336. The molecule has 0 amide bonds. The highest BCUT2D eigenvalue weighted by atomic mass is 16.5. The Morgan fingerprint density at radius 1 is 1.47 bits per heavy atom. The molecule has 0 bridgehead atoms. The Balaban J connectivity index is 2.55. The predicted molar refractivity (Wildman–Crippen MR) is 56.9 cm³/mol. The lowest BCUT2D eigenvalue weighted by Crippen LogP contribution is -2.04. The Labute approximate surface area is 87.6 Å². The molecule has 78 valence electrons. The first-order chi connectivity index (χ1) is 7.22. The van der Waals surface area contributed by atoms with Crippen LogP contribution in [0.15, 0.2) is 28.7 Å². The summed E-state index contributed by atoms with van der Waals surface area (Å²) in [7, 11) is 0. The number of esters is 1. The fourth-order valence-electron chi connectivity index (χ4n) is 1.56. The maximum absolute atomic E-state index is 11.6. The van der Waals surface area contributed by atoms with E-state index in [1.165, 1.54) is 0 Å². The van der Waals surface area contributed by atoms with E-state index in [2.05, 4.69) is 0 Å². The minimum atomic E-state index is -0.336. The molecule has 1 aromatic heterocycles. The van der Waals surface area contributed by atoms with Crippen molar-refractivity contribution in [2.75, 3.05) is 6.61 Å². The summed E-state index contributed by atoms with van der Waals surface area (Å²) in [5.41, 5.74) is 1.09. The molecule has 3 heteroatoms. The zero-order valence-electron chi connectivity index (χ0n) is 8.74. The van der Waals surface area contributed by atoms with Crippen molar-refractivity contribution in [3.8, 4) is 0 Å². The summed E-state index contributed by atoms with van der Waals surface area (Å²) in [6.07, 6.45) is 0. The fraction of sp³-hybridized carbons (Fsp3) is 0.250. The molecule has 0 radical (unpaired) electrons. The Morgan fingerprint density at radius 3 is 3.00 bits per heavy atom. The maximum Gasteiger partial charge on any atom is 0.341 e. The van der Waals surface area contributed by atoms with Crippen LogP contribution in [0.5, 0.6) is 0 Å². The molecule has 0 N–H and O–H groups in total. The largest absolute Gasteiger partial charge is 0.462 e. The van der Waals surface area contributed by atoms with Crippen LogP contribution in [0.1, 0.15) is 23.0 Å². The topological polar surface area (TPSA) is 39.4 Å². The second kappa shape index (κ2) is 3.77. The highest BCUT2D eigenvalue weighted by Crippen LogP contribution is 2.23. The van der Waals surface area contributed by atoms with Gasteiger partial charge in [0.25, 0.3) is 0 Å². The van der Waals surface area contributed by atoms with Crippen LogP contribution in [-0.4, -0.2) is 12.6 Å². The Morgan fingerprint density at radius 2 is 2.27 bits per heavy atom. The van der Waals surface area contributed by atoms with E-state index >= 15 is 0 Å². The third-order valence-electron chi connectivity index (χ3n) is 2.16. The maximum atomic E-state index is 11.6. The van der Waals surface area contributed by atoms with E-state index in [-0.39, 0.29) is 5.97 Å². The van der Waals surface area contributed by atoms with Gasteiger partial charge in [-0.15, -0.1) is 0 Å². The third-order valence-corrected chi connectivity index (χ3v) is 2.16. The molecular weight excluding hydrogens is 192 g/mol. The van der Waals surface area contributed by atoms with E-state index in [1.54, 1.807) is 13.0 Å². The fourth-order valence-corrected chi connectivity index (χ4v) is 1.56. The van der Waals surface area contributed by atoms with E-state index in [4.69, 9.17) is 9.15 Å². The van der Waals surface area contributed by atoms with Gasteiger partial charge in [0.2, 0.25) is 0 Å². The molecule has 2 aromatic rings. The molecule has 0 spiro atoms. The van der Waals surface area contributed by atoms with E-state index in [0.29, 0.717) is 17.8 Å². The van der Waals surface area contributed by atoms with Gasteiger partial charge >= 0.3 is 5.97 Å². The van der Waals surface area contributed by atoms with Gasteiger partial charge < -0.3 is 9.15 Å². The lowest BCUT2D eigenvalue weighted by atomic mass is 10.1. The van der Waals surface area contributed by atoms with Crippen molar-refractivity contribution in [3.05, 3.63) is 35.6 Å². The second-order valence-electron chi connectivity index (χ2n) is 3.30. The molecular formula is C12H12O3. The second-order valence-corrected chi connectivity index (χ2v) is 3.30. The summed E-state index contributed by atoms with van der Waals surface area (Å²) >= 11 is 0. The molecule has 0 aliphatic heterocycles. The molecule has 0 saturated carbocycles. The lowest BCUT2D eigenvalue weighted by molar-refractivity contribution is 0.0527. The zero-order valence-corrected chi connectivity index (χ0v) is 8.74. The SMILES string of the molecule is CCOC(=O)c1cccc2cc(C)oc12. The van der Waals surface area contributed by atoms with Crippen molar-refractivity contribution in [1.82, 2.24) is 0 Å². The Hall–Kier alpha value is -1.77.